The first kappa shape index (κ1) is 12.2. The average Bonchev–Trinajstić information content (AvgIpc) is 3.19. The molecular formula is C15H10N4OS. The fourth-order valence-electron chi connectivity index (χ4n) is 2.17. The van der Waals surface area contributed by atoms with Crippen molar-refractivity contribution >= 4 is 22.4 Å². The Kier molecular flexibility index (Phi) is 2.93. The Bertz CT molecular complexity index is 880. The van der Waals surface area contributed by atoms with Crippen LogP contribution in [0.3, 0.4) is 0 Å². The number of para-hydroxylation sites is 1. The van der Waals surface area contributed by atoms with Crippen LogP contribution in [0.2, 0.25) is 0 Å². The molecule has 1 aromatic carbocycles. The minimum absolute atomic E-state index is 0.479. The van der Waals surface area contributed by atoms with Crippen LogP contribution in [0.15, 0.2) is 52.6 Å². The van der Waals surface area contributed by atoms with E-state index in [9.17, 15) is 0 Å². The van der Waals surface area contributed by atoms with Crippen LogP contribution in [-0.2, 0) is 6.42 Å². The number of fused-ring (bicyclic) bond motifs is 1. The largest absolute Gasteiger partial charge is 0.334 e. The highest BCUT2D eigenvalue weighted by molar-refractivity contribution is 7.09. The molecule has 0 fully saturated rings. The molecule has 4 aromatic rings. The van der Waals surface area contributed by atoms with Crippen molar-refractivity contribution < 1.29 is 4.52 Å². The molecule has 21 heavy (non-hydrogen) atoms. The molecule has 0 spiro atoms. The molecule has 0 saturated heterocycles. The van der Waals surface area contributed by atoms with E-state index >= 15 is 0 Å². The molecule has 102 valence electrons. The first-order valence-electron chi connectivity index (χ1n) is 6.45. The van der Waals surface area contributed by atoms with Crippen molar-refractivity contribution in [2.45, 2.75) is 6.42 Å². The fourth-order valence-corrected chi connectivity index (χ4v) is 2.87. The van der Waals surface area contributed by atoms with Gasteiger partial charge in [0, 0.05) is 23.7 Å². The van der Waals surface area contributed by atoms with E-state index in [0.29, 0.717) is 18.1 Å². The van der Waals surface area contributed by atoms with Crippen LogP contribution in [0.25, 0.3) is 22.5 Å². The summed E-state index contributed by atoms with van der Waals surface area (Å²) >= 11 is 1.68. The van der Waals surface area contributed by atoms with Gasteiger partial charge in [-0.2, -0.15) is 4.98 Å². The number of nitrogens with zero attached hydrogens (tertiary/aromatic N) is 4. The number of thiophene rings is 1. The molecule has 0 saturated carbocycles. The van der Waals surface area contributed by atoms with Gasteiger partial charge in [0.15, 0.2) is 5.82 Å². The maximum absolute atomic E-state index is 5.38. The predicted molar refractivity (Wildman–Crippen MR) is 80.0 cm³/mol. The van der Waals surface area contributed by atoms with Gasteiger partial charge in [0.05, 0.1) is 11.1 Å². The van der Waals surface area contributed by atoms with Crippen LogP contribution in [-0.4, -0.2) is 20.1 Å². The molecule has 3 heterocycles. The monoisotopic (exact) mass is 294 g/mol. The molecule has 0 radical (unpaired) electrons. The van der Waals surface area contributed by atoms with Crippen LogP contribution in [0.1, 0.15) is 10.7 Å². The van der Waals surface area contributed by atoms with Crippen molar-refractivity contribution in [3.05, 3.63) is 58.8 Å². The van der Waals surface area contributed by atoms with E-state index in [4.69, 9.17) is 4.52 Å². The normalized spacial score (nSPS) is 11.0. The van der Waals surface area contributed by atoms with Crippen molar-refractivity contribution in [3.63, 3.8) is 0 Å². The molecule has 6 heteroatoms. The van der Waals surface area contributed by atoms with Gasteiger partial charge < -0.3 is 4.52 Å². The van der Waals surface area contributed by atoms with Crippen LogP contribution >= 0.6 is 11.3 Å². The van der Waals surface area contributed by atoms with Gasteiger partial charge in [0.25, 0.3) is 5.89 Å². The second kappa shape index (κ2) is 5.06. The zero-order valence-electron chi connectivity index (χ0n) is 10.9. The third-order valence-electron chi connectivity index (χ3n) is 3.11. The highest BCUT2D eigenvalue weighted by Crippen LogP contribution is 2.25. The maximum Gasteiger partial charge on any atom is 0.260 e. The van der Waals surface area contributed by atoms with E-state index in [1.807, 2.05) is 29.6 Å². The summed E-state index contributed by atoms with van der Waals surface area (Å²) in [7, 11) is 0. The summed E-state index contributed by atoms with van der Waals surface area (Å²) < 4.78 is 5.38. The molecule has 0 aliphatic carbocycles. The number of rotatable bonds is 3. The summed E-state index contributed by atoms with van der Waals surface area (Å²) in [5.41, 5.74) is 2.39. The number of hydrogen-bond donors (Lipinski definition) is 0. The van der Waals surface area contributed by atoms with E-state index < -0.39 is 0 Å². The van der Waals surface area contributed by atoms with E-state index in [1.165, 1.54) is 4.88 Å². The molecular weight excluding hydrogens is 284 g/mol. The Hall–Kier alpha value is -2.60. The first-order valence-corrected chi connectivity index (χ1v) is 7.33. The second-order valence-corrected chi connectivity index (χ2v) is 5.53. The van der Waals surface area contributed by atoms with Gasteiger partial charge in [-0.1, -0.05) is 17.3 Å². The average molecular weight is 294 g/mol. The van der Waals surface area contributed by atoms with Gasteiger partial charge in [0.2, 0.25) is 0 Å². The second-order valence-electron chi connectivity index (χ2n) is 4.50. The topological polar surface area (TPSA) is 64.7 Å². The highest BCUT2D eigenvalue weighted by Gasteiger charge is 2.13. The molecule has 0 aliphatic heterocycles. The lowest BCUT2D eigenvalue weighted by molar-refractivity contribution is 0.424. The van der Waals surface area contributed by atoms with Gasteiger partial charge in [-0.25, -0.2) is 0 Å². The molecule has 0 aliphatic rings. The van der Waals surface area contributed by atoms with Gasteiger partial charge in [-0.05, 0) is 23.6 Å². The molecule has 0 N–H and O–H groups in total. The quantitative estimate of drug-likeness (QED) is 0.580. The van der Waals surface area contributed by atoms with E-state index in [-0.39, 0.29) is 0 Å². The van der Waals surface area contributed by atoms with Crippen molar-refractivity contribution in [1.82, 2.24) is 20.1 Å². The van der Waals surface area contributed by atoms with E-state index in [2.05, 4.69) is 26.2 Å². The van der Waals surface area contributed by atoms with E-state index in [1.54, 1.807) is 23.7 Å². The first-order chi connectivity index (χ1) is 10.4. The third kappa shape index (κ3) is 2.30. The Morgan fingerprint density at radius 2 is 2.00 bits per heavy atom. The minimum atomic E-state index is 0.479. The van der Waals surface area contributed by atoms with Gasteiger partial charge >= 0.3 is 0 Å². The lowest BCUT2D eigenvalue weighted by Gasteiger charge is -1.99. The summed E-state index contributed by atoms with van der Waals surface area (Å²) in [5, 5.41) is 6.08. The number of hydrogen-bond acceptors (Lipinski definition) is 6. The lowest BCUT2D eigenvalue weighted by Crippen LogP contribution is -1.89. The Labute approximate surface area is 124 Å². The van der Waals surface area contributed by atoms with Crippen molar-refractivity contribution in [1.29, 1.82) is 0 Å². The molecule has 0 bridgehead atoms. The minimum Gasteiger partial charge on any atom is -0.334 e. The molecule has 3 aromatic heterocycles. The maximum atomic E-state index is 5.38. The molecule has 0 amide bonds. The zero-order chi connectivity index (χ0) is 14.1. The Balaban J connectivity index is 1.74. The summed E-state index contributed by atoms with van der Waals surface area (Å²) in [6, 6.07) is 9.81. The van der Waals surface area contributed by atoms with Crippen molar-refractivity contribution in [2.24, 2.45) is 0 Å². The lowest BCUT2D eigenvalue weighted by atomic mass is 10.2. The third-order valence-corrected chi connectivity index (χ3v) is 3.99. The molecule has 0 atom stereocenters. The molecule has 0 unspecified atom stereocenters. The van der Waals surface area contributed by atoms with Crippen LogP contribution in [0.4, 0.5) is 0 Å². The summed E-state index contributed by atoms with van der Waals surface area (Å²) in [6.45, 7) is 0. The standard InChI is InChI=1S/C15H10N4OS/c1-4-11(14-12(5-1)16-6-7-17-14)15-18-13(19-20-15)9-10-3-2-8-21-10/h1-8H,9H2. The summed E-state index contributed by atoms with van der Waals surface area (Å²) in [6.07, 6.45) is 4.01. The Morgan fingerprint density at radius 3 is 2.90 bits per heavy atom. The van der Waals surface area contributed by atoms with E-state index in [0.717, 1.165) is 16.6 Å². The van der Waals surface area contributed by atoms with Gasteiger partial charge in [-0.3, -0.25) is 9.97 Å². The highest BCUT2D eigenvalue weighted by atomic mass is 32.1. The van der Waals surface area contributed by atoms with Crippen LogP contribution in [0.5, 0.6) is 0 Å². The summed E-state index contributed by atoms with van der Waals surface area (Å²) in [4.78, 5) is 14.3. The number of aromatic nitrogens is 4. The SMILES string of the molecule is c1csc(Cc2noc(-c3cccc4nccnc34)n2)c1. The smallest absolute Gasteiger partial charge is 0.260 e. The summed E-state index contributed by atoms with van der Waals surface area (Å²) in [5.74, 6) is 1.15. The predicted octanol–water partition coefficient (Wildman–Crippen LogP) is 3.33. The van der Waals surface area contributed by atoms with Gasteiger partial charge in [-0.15, -0.1) is 11.3 Å². The Morgan fingerprint density at radius 1 is 1.05 bits per heavy atom. The fraction of sp³-hybridized carbons (Fsp3) is 0.0667. The number of benzene rings is 1. The molecule has 4 rings (SSSR count). The van der Waals surface area contributed by atoms with Crippen molar-refractivity contribution in [2.75, 3.05) is 0 Å². The molecule has 5 nitrogen and oxygen atoms in total. The zero-order valence-corrected chi connectivity index (χ0v) is 11.7. The van der Waals surface area contributed by atoms with Crippen LogP contribution in [0, 0.1) is 0 Å². The van der Waals surface area contributed by atoms with Crippen molar-refractivity contribution in [3.8, 4) is 11.5 Å². The van der Waals surface area contributed by atoms with Gasteiger partial charge in [0.1, 0.15) is 5.52 Å². The van der Waals surface area contributed by atoms with Crippen LogP contribution < -0.4 is 0 Å².